The van der Waals surface area contributed by atoms with Gasteiger partial charge < -0.3 is 9.47 Å². The van der Waals surface area contributed by atoms with Crippen LogP contribution < -0.4 is 14.2 Å². The minimum Gasteiger partial charge on any atom is -0.493 e. The Morgan fingerprint density at radius 3 is 2.12 bits per heavy atom. The van der Waals surface area contributed by atoms with Crippen molar-refractivity contribution < 1.29 is 22.3 Å². The number of ether oxygens (including phenoxy) is 2. The fourth-order valence-corrected chi connectivity index (χ4v) is 3.33. The third-order valence-corrected chi connectivity index (χ3v) is 4.93. The zero-order chi connectivity index (χ0) is 18.6. The minimum atomic E-state index is -3.91. The lowest BCUT2D eigenvalue weighted by Gasteiger charge is -2.11. The van der Waals surface area contributed by atoms with Crippen LogP contribution in [0.2, 0.25) is 0 Å². The van der Waals surface area contributed by atoms with Crippen LogP contribution in [0.25, 0.3) is 0 Å². The van der Waals surface area contributed by atoms with E-state index in [4.69, 9.17) is 9.47 Å². The molecule has 0 atom stereocenters. The number of hydrogen-bond donors (Lipinski definition) is 1. The van der Waals surface area contributed by atoms with E-state index in [0.29, 0.717) is 17.2 Å². The lowest BCUT2D eigenvalue weighted by atomic mass is 10.3. The molecule has 0 unspecified atom stereocenters. The third-order valence-electron chi connectivity index (χ3n) is 3.55. The second-order valence-corrected chi connectivity index (χ2v) is 6.99. The van der Waals surface area contributed by atoms with Crippen molar-refractivity contribution in [3.63, 3.8) is 0 Å². The van der Waals surface area contributed by atoms with E-state index in [0.717, 1.165) is 0 Å². The van der Waals surface area contributed by atoms with Crippen molar-refractivity contribution in [2.75, 3.05) is 11.8 Å². The molecule has 1 N–H and O–H groups in total. The van der Waals surface area contributed by atoms with Gasteiger partial charge in [0.1, 0.15) is 11.6 Å². The van der Waals surface area contributed by atoms with E-state index in [-0.39, 0.29) is 10.6 Å². The molecule has 3 aromatic carbocycles. The zero-order valence-corrected chi connectivity index (χ0v) is 14.7. The summed E-state index contributed by atoms with van der Waals surface area (Å²) >= 11 is 0. The minimum absolute atomic E-state index is 0.00636. The molecule has 0 saturated heterocycles. The Labute approximate surface area is 151 Å². The molecule has 0 fully saturated rings. The fraction of sp³-hybridized carbons (Fsp3) is 0.0526. The number of benzene rings is 3. The number of anilines is 1. The first-order valence-electron chi connectivity index (χ1n) is 7.68. The number of hydrogen-bond acceptors (Lipinski definition) is 4. The Bertz CT molecular complexity index is 1000. The number of para-hydroxylation sites is 3. The highest BCUT2D eigenvalue weighted by Crippen LogP contribution is 2.31. The normalized spacial score (nSPS) is 11.0. The number of nitrogens with one attached hydrogen (secondary N) is 1. The predicted octanol–water partition coefficient (Wildman–Crippen LogP) is 4.43. The van der Waals surface area contributed by atoms with E-state index >= 15 is 0 Å². The molecule has 0 aliphatic rings. The van der Waals surface area contributed by atoms with Crippen LogP contribution in [-0.4, -0.2) is 15.5 Å². The molecule has 0 aliphatic carbocycles. The van der Waals surface area contributed by atoms with Crippen LogP contribution in [0, 0.1) is 5.82 Å². The second-order valence-electron chi connectivity index (χ2n) is 5.31. The maximum atomic E-state index is 13.7. The van der Waals surface area contributed by atoms with Gasteiger partial charge in [-0.05, 0) is 48.5 Å². The van der Waals surface area contributed by atoms with Gasteiger partial charge in [0, 0.05) is 0 Å². The van der Waals surface area contributed by atoms with Gasteiger partial charge in [-0.2, -0.15) is 0 Å². The van der Waals surface area contributed by atoms with Gasteiger partial charge in [-0.1, -0.05) is 24.3 Å². The molecule has 0 saturated carbocycles. The van der Waals surface area contributed by atoms with Crippen molar-refractivity contribution >= 4 is 15.7 Å². The number of halogens is 1. The maximum absolute atomic E-state index is 13.7. The molecule has 0 amide bonds. The molecule has 0 heterocycles. The molecule has 3 rings (SSSR count). The third kappa shape index (κ3) is 3.94. The van der Waals surface area contributed by atoms with Crippen molar-refractivity contribution in [3.05, 3.63) is 78.6 Å². The fourth-order valence-electron chi connectivity index (χ4n) is 2.26. The van der Waals surface area contributed by atoms with Crippen molar-refractivity contribution in [1.29, 1.82) is 0 Å². The molecule has 0 aliphatic heterocycles. The lowest BCUT2D eigenvalue weighted by Crippen LogP contribution is -2.13. The lowest BCUT2D eigenvalue weighted by molar-refractivity contribution is 0.379. The molecule has 5 nitrogen and oxygen atoms in total. The Kier molecular flexibility index (Phi) is 5.09. The maximum Gasteiger partial charge on any atom is 0.261 e. The summed E-state index contributed by atoms with van der Waals surface area (Å²) in [4.78, 5) is -0.00636. The summed E-state index contributed by atoms with van der Waals surface area (Å²) in [6, 6.07) is 18.5. The van der Waals surface area contributed by atoms with Gasteiger partial charge in [0.15, 0.2) is 11.5 Å². The largest absolute Gasteiger partial charge is 0.493 e. The molecular weight excluding hydrogens is 357 g/mol. The molecule has 0 radical (unpaired) electrons. The van der Waals surface area contributed by atoms with E-state index < -0.39 is 15.8 Å². The Morgan fingerprint density at radius 2 is 1.46 bits per heavy atom. The second kappa shape index (κ2) is 7.45. The van der Waals surface area contributed by atoms with Crippen LogP contribution in [0.15, 0.2) is 77.7 Å². The predicted molar refractivity (Wildman–Crippen MR) is 96.7 cm³/mol. The van der Waals surface area contributed by atoms with Crippen LogP contribution in [-0.2, 0) is 10.0 Å². The van der Waals surface area contributed by atoms with E-state index in [9.17, 15) is 12.8 Å². The van der Waals surface area contributed by atoms with Gasteiger partial charge >= 0.3 is 0 Å². The summed E-state index contributed by atoms with van der Waals surface area (Å²) in [7, 11) is -2.37. The van der Waals surface area contributed by atoms with E-state index in [1.54, 1.807) is 24.3 Å². The van der Waals surface area contributed by atoms with Crippen LogP contribution in [0.5, 0.6) is 17.2 Å². The van der Waals surface area contributed by atoms with Gasteiger partial charge in [-0.3, -0.25) is 4.72 Å². The average molecular weight is 373 g/mol. The SMILES string of the molecule is COc1ccccc1Oc1ccc(S(=O)(=O)Nc2ccccc2F)cc1. The van der Waals surface area contributed by atoms with E-state index in [1.807, 2.05) is 6.07 Å². The van der Waals surface area contributed by atoms with Crippen molar-refractivity contribution in [1.82, 2.24) is 0 Å². The van der Waals surface area contributed by atoms with Crippen molar-refractivity contribution in [2.24, 2.45) is 0 Å². The van der Waals surface area contributed by atoms with E-state index in [2.05, 4.69) is 4.72 Å². The van der Waals surface area contributed by atoms with E-state index in [1.165, 1.54) is 49.6 Å². The van der Waals surface area contributed by atoms with Crippen LogP contribution >= 0.6 is 0 Å². The molecule has 3 aromatic rings. The Hall–Kier alpha value is -3.06. The van der Waals surface area contributed by atoms with Crippen molar-refractivity contribution in [3.8, 4) is 17.2 Å². The molecule has 0 aromatic heterocycles. The standard InChI is InChI=1S/C19H16FNO4S/c1-24-18-8-4-5-9-19(18)25-14-10-12-15(13-11-14)26(22,23)21-17-7-3-2-6-16(17)20/h2-13,21H,1H3. The summed E-state index contributed by atoms with van der Waals surface area (Å²) in [5.41, 5.74) is -0.109. The van der Waals surface area contributed by atoms with Crippen LogP contribution in [0.4, 0.5) is 10.1 Å². The Balaban J connectivity index is 1.79. The number of sulfonamides is 1. The average Bonchev–Trinajstić information content (AvgIpc) is 2.64. The van der Waals surface area contributed by atoms with Gasteiger partial charge in [-0.25, -0.2) is 12.8 Å². The molecule has 7 heteroatoms. The summed E-state index contributed by atoms with van der Waals surface area (Å²) in [6.45, 7) is 0. The quantitative estimate of drug-likeness (QED) is 0.694. The summed E-state index contributed by atoms with van der Waals surface area (Å²) in [6.07, 6.45) is 0. The van der Waals surface area contributed by atoms with Crippen LogP contribution in [0.3, 0.4) is 0 Å². The van der Waals surface area contributed by atoms with Crippen LogP contribution in [0.1, 0.15) is 0 Å². The highest BCUT2D eigenvalue weighted by molar-refractivity contribution is 7.92. The molecule has 134 valence electrons. The molecule has 0 spiro atoms. The topological polar surface area (TPSA) is 64.6 Å². The molecule has 26 heavy (non-hydrogen) atoms. The smallest absolute Gasteiger partial charge is 0.261 e. The molecule has 0 bridgehead atoms. The first kappa shape index (κ1) is 17.8. The van der Waals surface area contributed by atoms with Gasteiger partial charge in [-0.15, -0.1) is 0 Å². The molecular formula is C19H16FNO4S. The van der Waals surface area contributed by atoms with Gasteiger partial charge in [0.25, 0.3) is 10.0 Å². The summed E-state index contributed by atoms with van der Waals surface area (Å²) < 4.78 is 51.6. The summed E-state index contributed by atoms with van der Waals surface area (Å²) in [5, 5.41) is 0. The first-order chi connectivity index (χ1) is 12.5. The Morgan fingerprint density at radius 1 is 0.846 bits per heavy atom. The first-order valence-corrected chi connectivity index (χ1v) is 9.16. The van der Waals surface area contributed by atoms with Gasteiger partial charge in [0.05, 0.1) is 17.7 Å². The number of methoxy groups -OCH3 is 1. The number of rotatable bonds is 6. The summed E-state index contributed by atoms with van der Waals surface area (Å²) in [5.74, 6) is 0.868. The monoisotopic (exact) mass is 373 g/mol. The van der Waals surface area contributed by atoms with Gasteiger partial charge in [0.2, 0.25) is 0 Å². The highest BCUT2D eigenvalue weighted by atomic mass is 32.2. The van der Waals surface area contributed by atoms with Crippen molar-refractivity contribution in [2.45, 2.75) is 4.90 Å². The zero-order valence-electron chi connectivity index (χ0n) is 13.8. The highest BCUT2D eigenvalue weighted by Gasteiger charge is 2.16.